The van der Waals surface area contributed by atoms with Crippen LogP contribution in [0.25, 0.3) is 32.4 Å². The van der Waals surface area contributed by atoms with Gasteiger partial charge in [-0.05, 0) is 47.2 Å². The van der Waals surface area contributed by atoms with Crippen molar-refractivity contribution < 1.29 is 23.9 Å². The Kier molecular flexibility index (Phi) is 5.72. The molecule has 172 valence electrons. The molecule has 1 heterocycles. The molecule has 0 fully saturated rings. The third kappa shape index (κ3) is 3.49. The SMILES string of the molecule is COc1cc2ccc3c4c(Cc5ccccc5)cc(CO)c(OC)c4c[n+](C)c3c2cc1OC. The summed E-state index contributed by atoms with van der Waals surface area (Å²) in [5, 5.41) is 15.5. The van der Waals surface area contributed by atoms with E-state index in [9.17, 15) is 5.11 Å². The Bertz CT molecular complexity index is 1530. The number of pyridine rings is 1. The van der Waals surface area contributed by atoms with Crippen molar-refractivity contribution in [2.45, 2.75) is 13.0 Å². The molecule has 0 spiro atoms. The van der Waals surface area contributed by atoms with Crippen molar-refractivity contribution in [1.82, 2.24) is 0 Å². The smallest absolute Gasteiger partial charge is 0.220 e. The molecule has 1 aromatic heterocycles. The predicted octanol–water partition coefficient (Wildman–Crippen LogP) is 5.08. The summed E-state index contributed by atoms with van der Waals surface area (Å²) in [7, 11) is 7.01. The molecule has 0 bridgehead atoms. The molecule has 0 atom stereocenters. The lowest BCUT2D eigenvalue weighted by molar-refractivity contribution is -0.642. The average molecular weight is 455 g/mol. The van der Waals surface area contributed by atoms with Crippen LogP contribution in [0.5, 0.6) is 17.2 Å². The summed E-state index contributed by atoms with van der Waals surface area (Å²) in [6.07, 6.45) is 2.85. The van der Waals surface area contributed by atoms with Crippen LogP contribution in [-0.2, 0) is 20.1 Å². The molecule has 5 rings (SSSR count). The van der Waals surface area contributed by atoms with E-state index in [4.69, 9.17) is 14.2 Å². The van der Waals surface area contributed by atoms with E-state index in [1.54, 1.807) is 21.3 Å². The standard InChI is InChI=1S/C29H28NO4/c1-30-16-24-27(20(12-18-8-6-5-7-9-18)13-21(17-31)29(24)34-4)22-11-10-19-14-25(32-2)26(33-3)15-23(19)28(22)30/h5-11,13-16,31H,12,17H2,1-4H3/q+1. The molecular weight excluding hydrogens is 426 g/mol. The summed E-state index contributed by atoms with van der Waals surface area (Å²) >= 11 is 0. The van der Waals surface area contributed by atoms with Gasteiger partial charge in [0.15, 0.2) is 17.7 Å². The molecule has 0 aliphatic carbocycles. The summed E-state index contributed by atoms with van der Waals surface area (Å²) in [4.78, 5) is 0. The van der Waals surface area contributed by atoms with Gasteiger partial charge in [0.25, 0.3) is 0 Å². The number of benzene rings is 4. The molecular formula is C29H28NO4+. The van der Waals surface area contributed by atoms with Crippen LogP contribution < -0.4 is 18.8 Å². The van der Waals surface area contributed by atoms with E-state index in [0.29, 0.717) is 17.2 Å². The number of rotatable bonds is 6. The first kappa shape index (κ1) is 22.0. The third-order valence-corrected chi connectivity index (χ3v) is 6.53. The van der Waals surface area contributed by atoms with Crippen LogP contribution in [0.1, 0.15) is 16.7 Å². The second-order valence-electron chi connectivity index (χ2n) is 8.47. The van der Waals surface area contributed by atoms with Gasteiger partial charge in [-0.2, -0.15) is 4.57 Å². The Hall–Kier alpha value is -3.83. The van der Waals surface area contributed by atoms with Crippen LogP contribution in [0.3, 0.4) is 0 Å². The lowest BCUT2D eigenvalue weighted by Crippen LogP contribution is -2.29. The fraction of sp³-hybridized carbons (Fsp3) is 0.207. The Morgan fingerprint density at radius 1 is 0.765 bits per heavy atom. The molecule has 5 aromatic rings. The number of ether oxygens (including phenoxy) is 3. The molecule has 0 unspecified atom stereocenters. The van der Waals surface area contributed by atoms with E-state index in [-0.39, 0.29) is 6.61 Å². The molecule has 0 aliphatic rings. The number of aromatic nitrogens is 1. The lowest BCUT2D eigenvalue weighted by atomic mass is 9.92. The molecule has 4 aromatic carbocycles. The Morgan fingerprint density at radius 2 is 1.50 bits per heavy atom. The van der Waals surface area contributed by atoms with Crippen LogP contribution in [0.2, 0.25) is 0 Å². The zero-order chi connectivity index (χ0) is 23.8. The van der Waals surface area contributed by atoms with Gasteiger partial charge in [0, 0.05) is 10.9 Å². The van der Waals surface area contributed by atoms with Gasteiger partial charge >= 0.3 is 0 Å². The Balaban J connectivity index is 1.92. The van der Waals surface area contributed by atoms with Gasteiger partial charge in [-0.15, -0.1) is 0 Å². The van der Waals surface area contributed by atoms with Gasteiger partial charge in [-0.25, -0.2) is 0 Å². The minimum Gasteiger partial charge on any atom is -0.495 e. The average Bonchev–Trinajstić information content (AvgIpc) is 2.87. The maximum Gasteiger partial charge on any atom is 0.220 e. The number of methoxy groups -OCH3 is 3. The summed E-state index contributed by atoms with van der Waals surface area (Å²) in [6.45, 7) is -0.0859. The van der Waals surface area contributed by atoms with Crippen molar-refractivity contribution >= 4 is 32.4 Å². The van der Waals surface area contributed by atoms with Crippen molar-refractivity contribution in [2.24, 2.45) is 7.05 Å². The topological polar surface area (TPSA) is 51.8 Å². The molecule has 0 amide bonds. The summed E-state index contributed by atoms with van der Waals surface area (Å²) in [5.74, 6) is 2.11. The van der Waals surface area contributed by atoms with Crippen LogP contribution in [0, 0.1) is 0 Å². The lowest BCUT2D eigenvalue weighted by Gasteiger charge is -2.17. The number of hydrogen-bond acceptors (Lipinski definition) is 4. The van der Waals surface area contributed by atoms with E-state index in [1.165, 1.54) is 5.56 Å². The maximum absolute atomic E-state index is 10.1. The highest BCUT2D eigenvalue weighted by Gasteiger charge is 2.22. The highest BCUT2D eigenvalue weighted by molar-refractivity contribution is 6.16. The van der Waals surface area contributed by atoms with E-state index >= 15 is 0 Å². The highest BCUT2D eigenvalue weighted by atomic mass is 16.5. The monoisotopic (exact) mass is 454 g/mol. The quantitative estimate of drug-likeness (QED) is 0.287. The van der Waals surface area contributed by atoms with Gasteiger partial charge in [0.2, 0.25) is 5.52 Å². The van der Waals surface area contributed by atoms with Crippen molar-refractivity contribution in [1.29, 1.82) is 0 Å². The second kappa shape index (κ2) is 8.84. The fourth-order valence-corrected chi connectivity index (χ4v) is 5.04. The van der Waals surface area contributed by atoms with Crippen molar-refractivity contribution in [3.63, 3.8) is 0 Å². The van der Waals surface area contributed by atoms with Crippen molar-refractivity contribution in [2.75, 3.05) is 21.3 Å². The van der Waals surface area contributed by atoms with Gasteiger partial charge in [0.05, 0.1) is 44.1 Å². The molecule has 0 saturated carbocycles. The van der Waals surface area contributed by atoms with Crippen LogP contribution >= 0.6 is 0 Å². The molecule has 0 radical (unpaired) electrons. The fourth-order valence-electron chi connectivity index (χ4n) is 5.04. The van der Waals surface area contributed by atoms with E-state index in [1.807, 2.05) is 25.2 Å². The summed E-state index contributed by atoms with van der Waals surface area (Å²) < 4.78 is 19.1. The van der Waals surface area contributed by atoms with E-state index in [2.05, 4.69) is 53.2 Å². The first-order valence-electron chi connectivity index (χ1n) is 11.2. The van der Waals surface area contributed by atoms with Crippen molar-refractivity contribution in [3.8, 4) is 17.2 Å². The second-order valence-corrected chi connectivity index (χ2v) is 8.47. The van der Waals surface area contributed by atoms with Crippen LogP contribution in [0.15, 0.2) is 66.9 Å². The molecule has 1 N–H and O–H groups in total. The first-order valence-corrected chi connectivity index (χ1v) is 11.2. The molecule has 34 heavy (non-hydrogen) atoms. The number of nitrogens with zero attached hydrogens (tertiary/aromatic N) is 1. The van der Waals surface area contributed by atoms with Gasteiger partial charge in [-0.3, -0.25) is 0 Å². The number of aliphatic hydroxyl groups excluding tert-OH is 1. The van der Waals surface area contributed by atoms with Gasteiger partial charge in [-0.1, -0.05) is 36.4 Å². The number of aliphatic hydroxyl groups is 1. The number of fused-ring (bicyclic) bond motifs is 5. The zero-order valence-corrected chi connectivity index (χ0v) is 19.9. The largest absolute Gasteiger partial charge is 0.495 e. The Morgan fingerprint density at radius 3 is 2.18 bits per heavy atom. The minimum absolute atomic E-state index is 0.0859. The van der Waals surface area contributed by atoms with Gasteiger partial charge < -0.3 is 19.3 Å². The molecule has 0 aliphatic heterocycles. The number of aryl methyl sites for hydroxylation is 1. The normalized spacial score (nSPS) is 11.3. The van der Waals surface area contributed by atoms with Crippen LogP contribution in [0.4, 0.5) is 0 Å². The molecule has 0 saturated heterocycles. The van der Waals surface area contributed by atoms with E-state index in [0.717, 1.165) is 50.0 Å². The molecule has 5 nitrogen and oxygen atoms in total. The van der Waals surface area contributed by atoms with E-state index < -0.39 is 0 Å². The van der Waals surface area contributed by atoms with Crippen molar-refractivity contribution in [3.05, 3.63) is 83.6 Å². The van der Waals surface area contributed by atoms with Gasteiger partial charge in [0.1, 0.15) is 12.8 Å². The third-order valence-electron chi connectivity index (χ3n) is 6.53. The minimum atomic E-state index is -0.0859. The zero-order valence-electron chi connectivity index (χ0n) is 19.9. The number of hydrogen-bond donors (Lipinski definition) is 1. The van der Waals surface area contributed by atoms with Crippen LogP contribution in [-0.4, -0.2) is 26.4 Å². The summed E-state index contributed by atoms with van der Waals surface area (Å²) in [5.41, 5.74) is 4.24. The first-order chi connectivity index (χ1) is 16.6. The molecule has 5 heteroatoms. The summed E-state index contributed by atoms with van der Waals surface area (Å²) in [6, 6.07) is 20.8. The Labute approximate surface area is 198 Å². The maximum atomic E-state index is 10.1. The predicted molar refractivity (Wildman–Crippen MR) is 135 cm³/mol. The highest BCUT2D eigenvalue weighted by Crippen LogP contribution is 2.40.